The zero-order chi connectivity index (χ0) is 18.7. The molecular formula is C21H28N2O3. The van der Waals surface area contributed by atoms with Crippen LogP contribution in [0, 0.1) is 17.8 Å². The molecule has 0 bridgehead atoms. The Bertz CT molecular complexity index is 647. The highest BCUT2D eigenvalue weighted by Gasteiger charge is 2.47. The lowest BCUT2D eigenvalue weighted by Crippen LogP contribution is -2.37. The Kier molecular flexibility index (Phi) is 5.74. The van der Waals surface area contributed by atoms with Gasteiger partial charge in [-0.05, 0) is 24.3 Å². The number of hydrogen-bond donors (Lipinski definition) is 1. The van der Waals surface area contributed by atoms with E-state index in [2.05, 4.69) is 19.2 Å². The lowest BCUT2D eigenvalue weighted by Gasteiger charge is -2.23. The molecule has 0 aromatic heterocycles. The second-order valence-electron chi connectivity index (χ2n) is 7.78. The van der Waals surface area contributed by atoms with Crippen molar-refractivity contribution in [2.75, 3.05) is 6.54 Å². The summed E-state index contributed by atoms with van der Waals surface area (Å²) in [7, 11) is 0. The van der Waals surface area contributed by atoms with Gasteiger partial charge in [-0.2, -0.15) is 0 Å². The van der Waals surface area contributed by atoms with E-state index in [0.29, 0.717) is 0 Å². The highest BCUT2D eigenvalue weighted by atomic mass is 16.2. The molecule has 140 valence electrons. The molecule has 1 heterocycles. The standard InChI is InChI=1S/C21H28N2O3/c1-14(2)19(15-8-4-3-5-9-15)22-18(24)12-13-23-20(25)16-10-6-7-11-17(16)21(23)26/h3-5,8-9,14,16-17,19H,6-7,10-13H2,1-2H3,(H,22,24)/t16-,17-,19+/m0/s1. The maximum atomic E-state index is 12.5. The summed E-state index contributed by atoms with van der Waals surface area (Å²) in [5.74, 6) is -0.312. The van der Waals surface area contributed by atoms with Gasteiger partial charge < -0.3 is 5.32 Å². The molecule has 1 aliphatic carbocycles. The van der Waals surface area contributed by atoms with Gasteiger partial charge in [0, 0.05) is 13.0 Å². The molecule has 1 saturated carbocycles. The zero-order valence-corrected chi connectivity index (χ0v) is 15.6. The van der Waals surface area contributed by atoms with Crippen molar-refractivity contribution in [3.05, 3.63) is 35.9 Å². The molecule has 3 amide bonds. The van der Waals surface area contributed by atoms with Crippen molar-refractivity contribution in [2.24, 2.45) is 17.8 Å². The molecule has 1 saturated heterocycles. The van der Waals surface area contributed by atoms with Crippen molar-refractivity contribution in [1.29, 1.82) is 0 Å². The number of imide groups is 1. The predicted octanol–water partition coefficient (Wildman–Crippen LogP) is 3.07. The number of carbonyl (C=O) groups excluding carboxylic acids is 3. The van der Waals surface area contributed by atoms with Crippen molar-refractivity contribution >= 4 is 17.7 Å². The van der Waals surface area contributed by atoms with Crippen LogP contribution < -0.4 is 5.32 Å². The molecular weight excluding hydrogens is 328 g/mol. The minimum Gasteiger partial charge on any atom is -0.349 e. The third-order valence-electron chi connectivity index (χ3n) is 5.64. The number of nitrogens with one attached hydrogen (secondary N) is 1. The fourth-order valence-electron chi connectivity index (χ4n) is 4.21. The SMILES string of the molecule is CC(C)[C@@H](NC(=O)CCN1C(=O)[C@H]2CCCC[C@@H]2C1=O)c1ccccc1. The fraction of sp³-hybridized carbons (Fsp3) is 0.571. The molecule has 1 aromatic rings. The van der Waals surface area contributed by atoms with Gasteiger partial charge in [0.05, 0.1) is 17.9 Å². The van der Waals surface area contributed by atoms with E-state index in [1.807, 2.05) is 30.3 Å². The monoisotopic (exact) mass is 356 g/mol. The quantitative estimate of drug-likeness (QED) is 0.797. The maximum absolute atomic E-state index is 12.5. The molecule has 2 fully saturated rings. The third kappa shape index (κ3) is 3.81. The third-order valence-corrected chi connectivity index (χ3v) is 5.64. The molecule has 3 rings (SSSR count). The van der Waals surface area contributed by atoms with Crippen molar-refractivity contribution in [1.82, 2.24) is 10.2 Å². The largest absolute Gasteiger partial charge is 0.349 e. The summed E-state index contributed by atoms with van der Waals surface area (Å²) in [5, 5.41) is 3.06. The normalized spacial score (nSPS) is 23.9. The first-order chi connectivity index (χ1) is 12.5. The number of nitrogens with zero attached hydrogens (tertiary/aromatic N) is 1. The fourth-order valence-corrected chi connectivity index (χ4v) is 4.21. The molecule has 0 radical (unpaired) electrons. The topological polar surface area (TPSA) is 66.5 Å². The zero-order valence-electron chi connectivity index (χ0n) is 15.6. The Morgan fingerprint density at radius 2 is 1.65 bits per heavy atom. The first-order valence-corrected chi connectivity index (χ1v) is 9.68. The number of carbonyl (C=O) groups is 3. The van der Waals surface area contributed by atoms with Crippen molar-refractivity contribution in [2.45, 2.75) is 52.0 Å². The van der Waals surface area contributed by atoms with E-state index in [0.717, 1.165) is 31.2 Å². The van der Waals surface area contributed by atoms with Crippen molar-refractivity contribution in [3.8, 4) is 0 Å². The summed E-state index contributed by atoms with van der Waals surface area (Å²) in [6.07, 6.45) is 3.80. The molecule has 1 aliphatic heterocycles. The van der Waals surface area contributed by atoms with Gasteiger partial charge in [0.1, 0.15) is 0 Å². The van der Waals surface area contributed by atoms with E-state index < -0.39 is 0 Å². The van der Waals surface area contributed by atoms with E-state index in [-0.39, 0.29) is 54.5 Å². The van der Waals surface area contributed by atoms with Crippen LogP contribution in [0.25, 0.3) is 0 Å². The van der Waals surface area contributed by atoms with E-state index in [4.69, 9.17) is 0 Å². The first kappa shape index (κ1) is 18.6. The van der Waals surface area contributed by atoms with Crippen LogP contribution in [0.2, 0.25) is 0 Å². The van der Waals surface area contributed by atoms with E-state index >= 15 is 0 Å². The number of hydrogen-bond acceptors (Lipinski definition) is 3. The van der Waals surface area contributed by atoms with Crippen LogP contribution in [0.5, 0.6) is 0 Å². The van der Waals surface area contributed by atoms with Crippen molar-refractivity contribution < 1.29 is 14.4 Å². The minimum atomic E-state index is -0.146. The lowest BCUT2D eigenvalue weighted by atomic mass is 9.81. The van der Waals surface area contributed by atoms with Gasteiger partial charge in [-0.1, -0.05) is 57.0 Å². The van der Waals surface area contributed by atoms with Crippen LogP contribution in [-0.4, -0.2) is 29.2 Å². The van der Waals surface area contributed by atoms with Crippen molar-refractivity contribution in [3.63, 3.8) is 0 Å². The molecule has 2 aliphatic rings. The smallest absolute Gasteiger partial charge is 0.233 e. The minimum absolute atomic E-state index is 0.0729. The van der Waals surface area contributed by atoms with Crippen LogP contribution in [0.1, 0.15) is 57.6 Å². The van der Waals surface area contributed by atoms with Crippen LogP contribution in [0.15, 0.2) is 30.3 Å². The average molecular weight is 356 g/mol. The summed E-state index contributed by atoms with van der Waals surface area (Å²) >= 11 is 0. The summed E-state index contributed by atoms with van der Waals surface area (Å²) < 4.78 is 0. The van der Waals surface area contributed by atoms with Gasteiger partial charge in [-0.15, -0.1) is 0 Å². The van der Waals surface area contributed by atoms with Crippen LogP contribution >= 0.6 is 0 Å². The average Bonchev–Trinajstić information content (AvgIpc) is 2.89. The molecule has 0 spiro atoms. The van der Waals surface area contributed by atoms with Crippen LogP contribution in [-0.2, 0) is 14.4 Å². The van der Waals surface area contributed by atoms with Gasteiger partial charge in [0.25, 0.3) is 0 Å². The predicted molar refractivity (Wildman–Crippen MR) is 98.9 cm³/mol. The summed E-state index contributed by atoms with van der Waals surface area (Å²) in [5.41, 5.74) is 1.06. The number of likely N-dealkylation sites (tertiary alicyclic amines) is 1. The molecule has 5 heteroatoms. The Labute approximate surface area is 155 Å². The summed E-state index contributed by atoms with van der Waals surface area (Å²) in [4.78, 5) is 38.8. The molecule has 26 heavy (non-hydrogen) atoms. The summed E-state index contributed by atoms with van der Waals surface area (Å²) in [6.45, 7) is 4.32. The van der Waals surface area contributed by atoms with E-state index in [9.17, 15) is 14.4 Å². The maximum Gasteiger partial charge on any atom is 0.233 e. The molecule has 3 atom stereocenters. The summed E-state index contributed by atoms with van der Waals surface area (Å²) in [6, 6.07) is 9.80. The lowest BCUT2D eigenvalue weighted by molar-refractivity contribution is -0.140. The van der Waals surface area contributed by atoms with Crippen LogP contribution in [0.3, 0.4) is 0 Å². The molecule has 1 aromatic carbocycles. The first-order valence-electron chi connectivity index (χ1n) is 9.68. The van der Waals surface area contributed by atoms with Gasteiger partial charge in [0.15, 0.2) is 0 Å². The van der Waals surface area contributed by atoms with Gasteiger partial charge in [-0.25, -0.2) is 0 Å². The van der Waals surface area contributed by atoms with E-state index in [1.54, 1.807) is 0 Å². The molecule has 0 unspecified atom stereocenters. The Balaban J connectivity index is 1.58. The number of benzene rings is 1. The van der Waals surface area contributed by atoms with Gasteiger partial charge in [-0.3, -0.25) is 19.3 Å². The van der Waals surface area contributed by atoms with Gasteiger partial charge in [0.2, 0.25) is 17.7 Å². The van der Waals surface area contributed by atoms with E-state index in [1.165, 1.54) is 4.90 Å². The molecule has 1 N–H and O–H groups in total. The Morgan fingerprint density at radius 3 is 2.19 bits per heavy atom. The number of fused-ring (bicyclic) bond motifs is 1. The Hall–Kier alpha value is -2.17. The number of amides is 3. The van der Waals surface area contributed by atoms with Gasteiger partial charge >= 0.3 is 0 Å². The second kappa shape index (κ2) is 8.02. The number of rotatable bonds is 6. The highest BCUT2D eigenvalue weighted by molar-refractivity contribution is 6.05. The molecule has 5 nitrogen and oxygen atoms in total. The second-order valence-corrected chi connectivity index (χ2v) is 7.78. The Morgan fingerprint density at radius 1 is 1.08 bits per heavy atom. The van der Waals surface area contributed by atoms with Crippen LogP contribution in [0.4, 0.5) is 0 Å². The highest BCUT2D eigenvalue weighted by Crippen LogP contribution is 2.38.